The van der Waals surface area contributed by atoms with Gasteiger partial charge in [-0.25, -0.2) is 21.9 Å². The number of nitrogens with zero attached hydrogens (tertiary/aromatic N) is 3. The second-order valence-corrected chi connectivity index (χ2v) is 11.2. The molecule has 1 atom stereocenters. The number of sulfonamides is 1. The molecule has 2 aliphatic rings. The molecule has 1 unspecified atom stereocenters. The second kappa shape index (κ2) is 9.29. The van der Waals surface area contributed by atoms with Crippen LogP contribution < -0.4 is 0 Å². The summed E-state index contributed by atoms with van der Waals surface area (Å²) in [6, 6.07) is 11.6. The summed E-state index contributed by atoms with van der Waals surface area (Å²) < 4.78 is 62.9. The van der Waals surface area contributed by atoms with Gasteiger partial charge in [0, 0.05) is 18.7 Å². The predicted molar refractivity (Wildman–Crippen MR) is 133 cm³/mol. The van der Waals surface area contributed by atoms with Gasteiger partial charge in [-0.2, -0.15) is 5.10 Å². The van der Waals surface area contributed by atoms with Crippen LogP contribution in [0.1, 0.15) is 31.0 Å². The lowest BCUT2D eigenvalue weighted by molar-refractivity contribution is 0.188. The molecule has 0 amide bonds. The summed E-state index contributed by atoms with van der Waals surface area (Å²) in [6.45, 7) is 2.35. The fourth-order valence-corrected chi connectivity index (χ4v) is 6.50. The highest BCUT2D eigenvalue weighted by atomic mass is 32.2. The van der Waals surface area contributed by atoms with Crippen LogP contribution in [0, 0.1) is 17.0 Å². The molecule has 3 aromatic rings. The molecule has 0 saturated heterocycles. The molecule has 1 saturated carbocycles. The zero-order valence-corrected chi connectivity index (χ0v) is 20.9. The van der Waals surface area contributed by atoms with Crippen molar-refractivity contribution >= 4 is 16.1 Å². The van der Waals surface area contributed by atoms with Crippen molar-refractivity contribution in [3.8, 4) is 5.69 Å². The number of methoxy groups -OCH3 is 1. The average Bonchev–Trinajstić information content (AvgIpc) is 3.40. The maximum Gasteiger partial charge on any atom is 0.266 e. The molecule has 0 bridgehead atoms. The molecule has 1 heterocycles. The molecule has 0 aliphatic heterocycles. The van der Waals surface area contributed by atoms with Gasteiger partial charge in [-0.15, -0.1) is 0 Å². The first kappa shape index (κ1) is 24.4. The van der Waals surface area contributed by atoms with Crippen molar-refractivity contribution in [1.82, 2.24) is 14.1 Å². The third kappa shape index (κ3) is 4.16. The third-order valence-corrected chi connectivity index (χ3v) is 8.92. The monoisotopic (exact) mass is 511 g/mol. The summed E-state index contributed by atoms with van der Waals surface area (Å²) in [4.78, 5) is -0.358. The third-order valence-electron chi connectivity index (χ3n) is 7.13. The van der Waals surface area contributed by atoms with E-state index in [9.17, 15) is 17.2 Å². The first-order chi connectivity index (χ1) is 17.2. The molecule has 9 heteroatoms. The lowest BCUT2D eigenvalue weighted by atomic mass is 9.73. The van der Waals surface area contributed by atoms with Crippen LogP contribution in [0.5, 0.6) is 0 Å². The number of benzene rings is 2. The summed E-state index contributed by atoms with van der Waals surface area (Å²) in [5.41, 5.74) is 4.50. The molecule has 5 rings (SSSR count). The molecular weight excluding hydrogens is 484 g/mol. The standard InChI is InChI=1S/C27H27F2N3O3S/c1-27-16-19-17-30-32(23-11-9-22(28)10-12-23)25(19)15-20(27)7-8-21(27)18-31(13-14-35-2)36(33,34)26-6-4-3-5-24(26)29/h3-6,9-12,15,17-18H,7-8,13-14,16H2,1-2H3/b21-18+. The summed E-state index contributed by atoms with van der Waals surface area (Å²) in [5.74, 6) is -1.09. The number of fused-ring (bicyclic) bond motifs is 2. The summed E-state index contributed by atoms with van der Waals surface area (Å²) in [7, 11) is -2.62. The molecule has 1 fully saturated rings. The first-order valence-electron chi connectivity index (χ1n) is 11.7. The molecule has 36 heavy (non-hydrogen) atoms. The lowest BCUT2D eigenvalue weighted by Crippen LogP contribution is -2.32. The van der Waals surface area contributed by atoms with Crippen molar-refractivity contribution in [3.05, 3.63) is 95.0 Å². The number of hydrogen-bond donors (Lipinski definition) is 0. The predicted octanol–water partition coefficient (Wildman–Crippen LogP) is 5.11. The molecule has 2 aromatic carbocycles. The molecule has 1 aromatic heterocycles. The summed E-state index contributed by atoms with van der Waals surface area (Å²) in [5, 5.41) is 4.54. The Morgan fingerprint density at radius 3 is 2.61 bits per heavy atom. The maximum atomic E-state index is 14.5. The zero-order valence-electron chi connectivity index (χ0n) is 20.1. The highest BCUT2D eigenvalue weighted by Gasteiger charge is 2.43. The minimum Gasteiger partial charge on any atom is -0.383 e. The van der Waals surface area contributed by atoms with Crippen molar-refractivity contribution in [2.24, 2.45) is 5.41 Å². The van der Waals surface area contributed by atoms with E-state index in [2.05, 4.69) is 18.1 Å². The van der Waals surface area contributed by atoms with Crippen LogP contribution in [-0.4, -0.2) is 42.8 Å². The molecule has 6 nitrogen and oxygen atoms in total. The van der Waals surface area contributed by atoms with E-state index in [1.807, 2.05) is 6.20 Å². The van der Waals surface area contributed by atoms with Crippen LogP contribution in [-0.2, 0) is 21.2 Å². The van der Waals surface area contributed by atoms with Gasteiger partial charge in [-0.05, 0) is 72.9 Å². The fourth-order valence-electron chi connectivity index (χ4n) is 5.10. The molecule has 0 radical (unpaired) electrons. The van der Waals surface area contributed by atoms with E-state index in [-0.39, 0.29) is 29.3 Å². The number of hydrogen-bond acceptors (Lipinski definition) is 4. The molecule has 0 N–H and O–H groups in total. The Morgan fingerprint density at radius 2 is 1.89 bits per heavy atom. The van der Waals surface area contributed by atoms with Crippen molar-refractivity contribution < 1.29 is 21.9 Å². The Kier molecular flexibility index (Phi) is 6.30. The highest BCUT2D eigenvalue weighted by Crippen LogP contribution is 2.53. The summed E-state index contributed by atoms with van der Waals surface area (Å²) in [6.07, 6.45) is 7.70. The first-order valence-corrected chi connectivity index (χ1v) is 13.2. The van der Waals surface area contributed by atoms with E-state index in [0.717, 1.165) is 35.0 Å². The molecular formula is C27H27F2N3O3S. The number of ether oxygens (including phenoxy) is 1. The quantitative estimate of drug-likeness (QED) is 0.442. The van der Waals surface area contributed by atoms with Crippen molar-refractivity contribution in [2.75, 3.05) is 20.3 Å². The van der Waals surface area contributed by atoms with Gasteiger partial charge in [0.05, 0.1) is 30.7 Å². The van der Waals surface area contributed by atoms with E-state index < -0.39 is 15.8 Å². The minimum absolute atomic E-state index is 0.0690. The highest BCUT2D eigenvalue weighted by molar-refractivity contribution is 7.89. The van der Waals surface area contributed by atoms with Crippen LogP contribution in [0.15, 0.2) is 77.0 Å². The Hall–Kier alpha value is -3.30. The van der Waals surface area contributed by atoms with Crippen molar-refractivity contribution in [1.29, 1.82) is 0 Å². The minimum atomic E-state index is -4.12. The van der Waals surface area contributed by atoms with E-state index >= 15 is 0 Å². The van der Waals surface area contributed by atoms with Gasteiger partial charge in [0.2, 0.25) is 0 Å². The van der Waals surface area contributed by atoms with E-state index in [0.29, 0.717) is 12.8 Å². The maximum absolute atomic E-state index is 14.5. The summed E-state index contributed by atoms with van der Waals surface area (Å²) >= 11 is 0. The number of rotatable bonds is 7. The van der Waals surface area contributed by atoms with Gasteiger partial charge in [-0.3, -0.25) is 4.31 Å². The van der Waals surface area contributed by atoms with E-state index in [1.165, 1.54) is 47.3 Å². The van der Waals surface area contributed by atoms with E-state index in [1.54, 1.807) is 23.0 Å². The Morgan fingerprint density at radius 1 is 1.14 bits per heavy atom. The van der Waals surface area contributed by atoms with Crippen LogP contribution >= 0.6 is 0 Å². The van der Waals surface area contributed by atoms with Crippen LogP contribution in [0.4, 0.5) is 8.78 Å². The SMILES string of the molecule is COCCN(/C=C1\CCC2=Cc3c(cnn3-c3ccc(F)cc3)CC21C)S(=O)(=O)c1ccccc1F. The van der Waals surface area contributed by atoms with Gasteiger partial charge in [0.15, 0.2) is 0 Å². The van der Waals surface area contributed by atoms with Crippen LogP contribution in [0.3, 0.4) is 0 Å². The second-order valence-electron chi connectivity index (χ2n) is 9.32. The van der Waals surface area contributed by atoms with Crippen LogP contribution in [0.25, 0.3) is 11.8 Å². The smallest absolute Gasteiger partial charge is 0.266 e. The zero-order chi connectivity index (χ0) is 25.5. The fraction of sp³-hybridized carbons (Fsp3) is 0.296. The number of halogens is 2. The number of aromatic nitrogens is 2. The Bertz CT molecular complexity index is 1460. The van der Waals surface area contributed by atoms with Crippen molar-refractivity contribution in [2.45, 2.75) is 31.1 Å². The number of allylic oxidation sites excluding steroid dienone is 2. The average molecular weight is 512 g/mol. The van der Waals surface area contributed by atoms with Gasteiger partial charge in [0.25, 0.3) is 10.0 Å². The Labute approximate surface area is 209 Å². The van der Waals surface area contributed by atoms with Gasteiger partial charge < -0.3 is 4.74 Å². The Balaban J connectivity index is 1.52. The van der Waals surface area contributed by atoms with Crippen molar-refractivity contribution in [3.63, 3.8) is 0 Å². The van der Waals surface area contributed by atoms with E-state index in [4.69, 9.17) is 4.74 Å². The molecule has 0 spiro atoms. The van der Waals surface area contributed by atoms with Gasteiger partial charge >= 0.3 is 0 Å². The molecule has 188 valence electrons. The lowest BCUT2D eigenvalue weighted by Gasteiger charge is -2.33. The van der Waals surface area contributed by atoms with Gasteiger partial charge in [0.1, 0.15) is 16.5 Å². The largest absolute Gasteiger partial charge is 0.383 e. The normalized spacial score (nSPS) is 20.2. The topological polar surface area (TPSA) is 64.4 Å². The van der Waals surface area contributed by atoms with Crippen LogP contribution in [0.2, 0.25) is 0 Å². The molecule has 2 aliphatic carbocycles. The van der Waals surface area contributed by atoms with Gasteiger partial charge in [-0.1, -0.05) is 24.6 Å².